The molecular formula is C23H18F3N5O2. The third-order valence-electron chi connectivity index (χ3n) is 5.84. The molecule has 0 spiro atoms. The van der Waals surface area contributed by atoms with Gasteiger partial charge in [0, 0.05) is 55.6 Å². The van der Waals surface area contributed by atoms with Crippen LogP contribution in [-0.2, 0) is 25.7 Å². The fraction of sp³-hybridized carbons (Fsp3) is 0.217. The highest BCUT2D eigenvalue weighted by atomic mass is 19.4. The van der Waals surface area contributed by atoms with E-state index >= 15 is 0 Å². The summed E-state index contributed by atoms with van der Waals surface area (Å²) in [5.74, 6) is 0.392. The van der Waals surface area contributed by atoms with Crippen LogP contribution in [0.2, 0.25) is 0 Å². The number of aromatic nitrogens is 3. The number of aromatic amines is 1. The van der Waals surface area contributed by atoms with Gasteiger partial charge in [0.15, 0.2) is 5.82 Å². The van der Waals surface area contributed by atoms with Crippen LogP contribution >= 0.6 is 0 Å². The fourth-order valence-electron chi connectivity index (χ4n) is 4.21. The molecule has 7 nitrogen and oxygen atoms in total. The predicted octanol–water partition coefficient (Wildman–Crippen LogP) is 5.11. The molecule has 0 amide bonds. The number of rotatable bonds is 4. The molecule has 0 radical (unpaired) electrons. The van der Waals surface area contributed by atoms with Crippen molar-refractivity contribution in [2.75, 3.05) is 6.54 Å². The van der Waals surface area contributed by atoms with Crippen molar-refractivity contribution < 1.29 is 18.1 Å². The monoisotopic (exact) mass is 453 g/mol. The molecule has 33 heavy (non-hydrogen) atoms. The summed E-state index contributed by atoms with van der Waals surface area (Å²) in [5.41, 5.74) is 3.26. The topological polar surface area (TPSA) is 88.0 Å². The Morgan fingerprint density at radius 2 is 1.94 bits per heavy atom. The van der Waals surface area contributed by atoms with Gasteiger partial charge in [0.2, 0.25) is 0 Å². The quantitative estimate of drug-likeness (QED) is 0.343. The minimum atomic E-state index is -4.39. The number of fused-ring (bicyclic) bond motifs is 2. The molecule has 10 heteroatoms. The van der Waals surface area contributed by atoms with E-state index < -0.39 is 11.7 Å². The van der Waals surface area contributed by atoms with E-state index in [1.54, 1.807) is 18.5 Å². The number of alkyl halides is 3. The van der Waals surface area contributed by atoms with E-state index in [-0.39, 0.29) is 10.6 Å². The van der Waals surface area contributed by atoms with Crippen LogP contribution in [0.3, 0.4) is 0 Å². The van der Waals surface area contributed by atoms with Gasteiger partial charge < -0.3 is 4.98 Å². The van der Waals surface area contributed by atoms with Crippen molar-refractivity contribution in [3.63, 3.8) is 0 Å². The smallest absolute Gasteiger partial charge is 0.361 e. The minimum absolute atomic E-state index is 0.0747. The predicted molar refractivity (Wildman–Crippen MR) is 115 cm³/mol. The summed E-state index contributed by atoms with van der Waals surface area (Å²) in [6, 6.07) is 9.78. The van der Waals surface area contributed by atoms with Crippen molar-refractivity contribution in [1.29, 1.82) is 0 Å². The first kappa shape index (κ1) is 21.1. The molecule has 0 aliphatic carbocycles. The van der Waals surface area contributed by atoms with Crippen molar-refractivity contribution in [2.24, 2.45) is 0 Å². The fourth-order valence-corrected chi connectivity index (χ4v) is 4.21. The zero-order valence-corrected chi connectivity index (χ0v) is 17.3. The van der Waals surface area contributed by atoms with E-state index in [0.717, 1.165) is 34.5 Å². The first-order valence-corrected chi connectivity index (χ1v) is 10.3. The van der Waals surface area contributed by atoms with Crippen LogP contribution in [-0.4, -0.2) is 31.3 Å². The zero-order chi connectivity index (χ0) is 23.2. The van der Waals surface area contributed by atoms with E-state index in [1.165, 1.54) is 18.2 Å². The average Bonchev–Trinajstić information content (AvgIpc) is 3.21. The maximum atomic E-state index is 12.8. The summed E-state index contributed by atoms with van der Waals surface area (Å²) in [6.07, 6.45) is -0.226. The van der Waals surface area contributed by atoms with Gasteiger partial charge in [-0.2, -0.15) is 13.2 Å². The zero-order valence-electron chi connectivity index (χ0n) is 17.3. The van der Waals surface area contributed by atoms with Gasteiger partial charge in [-0.05, 0) is 23.8 Å². The van der Waals surface area contributed by atoms with Gasteiger partial charge in [-0.25, -0.2) is 9.97 Å². The lowest BCUT2D eigenvalue weighted by atomic mass is 10.0. The summed E-state index contributed by atoms with van der Waals surface area (Å²) in [4.78, 5) is 25.3. The molecule has 1 aliphatic heterocycles. The second kappa shape index (κ2) is 7.96. The van der Waals surface area contributed by atoms with Gasteiger partial charge in [0.05, 0.1) is 27.1 Å². The van der Waals surface area contributed by atoms with Crippen LogP contribution in [0.25, 0.3) is 22.3 Å². The van der Waals surface area contributed by atoms with Gasteiger partial charge in [-0.1, -0.05) is 18.2 Å². The van der Waals surface area contributed by atoms with Gasteiger partial charge in [0.25, 0.3) is 5.69 Å². The van der Waals surface area contributed by atoms with Crippen molar-refractivity contribution in [3.05, 3.63) is 87.4 Å². The van der Waals surface area contributed by atoms with Crippen LogP contribution in [0, 0.1) is 10.1 Å². The number of nitrogens with one attached hydrogen (secondary N) is 1. The molecule has 0 unspecified atom stereocenters. The number of H-pyrrole nitrogens is 1. The summed E-state index contributed by atoms with van der Waals surface area (Å²) >= 11 is 0. The molecule has 0 bridgehead atoms. The molecule has 0 atom stereocenters. The summed E-state index contributed by atoms with van der Waals surface area (Å²) in [6.45, 7) is 1.81. The van der Waals surface area contributed by atoms with E-state index in [0.29, 0.717) is 42.8 Å². The van der Waals surface area contributed by atoms with Crippen molar-refractivity contribution in [2.45, 2.75) is 25.7 Å². The lowest BCUT2D eigenvalue weighted by Crippen LogP contribution is -2.30. The summed E-state index contributed by atoms with van der Waals surface area (Å²) in [7, 11) is 0. The number of nitro groups is 1. The highest BCUT2D eigenvalue weighted by molar-refractivity contribution is 5.91. The van der Waals surface area contributed by atoms with Crippen LogP contribution < -0.4 is 0 Å². The van der Waals surface area contributed by atoms with Crippen LogP contribution in [0.5, 0.6) is 0 Å². The van der Waals surface area contributed by atoms with Gasteiger partial charge >= 0.3 is 6.18 Å². The molecule has 3 heterocycles. The number of hydrogen-bond donors (Lipinski definition) is 1. The second-order valence-corrected chi connectivity index (χ2v) is 7.97. The standard InChI is InChI=1S/C23H18F3N5O2/c24-23(25,26)17-6-4-14(5-7-17)22-28-10-15-12-30(9-8-18(15)29-22)13-16-11-27-19-2-1-3-20(21(16)19)31(32)33/h1-7,10-11,27H,8-9,12-13H2. The molecule has 168 valence electrons. The van der Waals surface area contributed by atoms with E-state index in [4.69, 9.17) is 0 Å². The SMILES string of the molecule is O=[N+]([O-])c1cccc2[nH]cc(CN3CCc4nc(-c5ccc(C(F)(F)F)cc5)ncc4C3)c12. The molecule has 0 saturated heterocycles. The second-order valence-electron chi connectivity index (χ2n) is 7.97. The Bertz CT molecular complexity index is 1350. The molecular weight excluding hydrogens is 435 g/mol. The number of non-ortho nitro benzene ring substituents is 1. The highest BCUT2D eigenvalue weighted by Crippen LogP contribution is 2.32. The highest BCUT2D eigenvalue weighted by Gasteiger charge is 2.30. The number of nitro benzene ring substituents is 1. The van der Waals surface area contributed by atoms with Gasteiger partial charge in [-0.3, -0.25) is 15.0 Å². The third kappa shape index (κ3) is 4.05. The molecule has 2 aromatic heterocycles. The Labute approximate surface area is 186 Å². The number of benzene rings is 2. The molecule has 5 rings (SSSR count). The molecule has 1 aliphatic rings. The van der Waals surface area contributed by atoms with Gasteiger partial charge in [-0.15, -0.1) is 0 Å². The minimum Gasteiger partial charge on any atom is -0.361 e. The normalized spacial score (nSPS) is 14.4. The molecule has 2 aromatic carbocycles. The Balaban J connectivity index is 1.35. The Kier molecular flexibility index (Phi) is 5.09. The summed E-state index contributed by atoms with van der Waals surface area (Å²) < 4.78 is 38.4. The third-order valence-corrected chi connectivity index (χ3v) is 5.84. The van der Waals surface area contributed by atoms with Crippen LogP contribution in [0.4, 0.5) is 18.9 Å². The summed E-state index contributed by atoms with van der Waals surface area (Å²) in [5, 5.41) is 12.1. The van der Waals surface area contributed by atoms with E-state index in [1.807, 2.05) is 6.07 Å². The first-order valence-electron chi connectivity index (χ1n) is 10.3. The molecule has 0 saturated carbocycles. The van der Waals surface area contributed by atoms with Gasteiger partial charge in [0.1, 0.15) is 0 Å². The maximum absolute atomic E-state index is 12.8. The van der Waals surface area contributed by atoms with E-state index in [9.17, 15) is 23.3 Å². The lowest BCUT2D eigenvalue weighted by molar-refractivity contribution is -0.383. The van der Waals surface area contributed by atoms with Crippen molar-refractivity contribution in [3.8, 4) is 11.4 Å². The number of nitrogens with zero attached hydrogens (tertiary/aromatic N) is 4. The largest absolute Gasteiger partial charge is 0.416 e. The Hall–Kier alpha value is -3.79. The average molecular weight is 453 g/mol. The molecule has 0 fully saturated rings. The first-order chi connectivity index (χ1) is 15.8. The van der Waals surface area contributed by atoms with Crippen LogP contribution in [0.15, 0.2) is 54.9 Å². The molecule has 1 N–H and O–H groups in total. The number of halogens is 3. The van der Waals surface area contributed by atoms with Crippen LogP contribution in [0.1, 0.15) is 22.4 Å². The lowest BCUT2D eigenvalue weighted by Gasteiger charge is -2.27. The molecule has 4 aromatic rings. The number of hydrogen-bond acceptors (Lipinski definition) is 5. The van der Waals surface area contributed by atoms with Crippen molar-refractivity contribution >= 4 is 16.6 Å². The Morgan fingerprint density at radius 1 is 1.15 bits per heavy atom. The van der Waals surface area contributed by atoms with Crippen molar-refractivity contribution in [1.82, 2.24) is 19.9 Å². The van der Waals surface area contributed by atoms with E-state index in [2.05, 4.69) is 19.9 Å². The maximum Gasteiger partial charge on any atom is 0.416 e. The Morgan fingerprint density at radius 3 is 2.67 bits per heavy atom.